The van der Waals surface area contributed by atoms with Crippen molar-refractivity contribution < 1.29 is 61.7 Å². The molecule has 0 radical (unpaired) electrons. The van der Waals surface area contributed by atoms with Gasteiger partial charge in [0.1, 0.15) is 48.5 Å². The van der Waals surface area contributed by atoms with E-state index in [1.807, 2.05) is 48.5 Å². The lowest BCUT2D eigenvalue weighted by Crippen LogP contribution is -2.51. The van der Waals surface area contributed by atoms with E-state index < -0.39 is 63.6 Å². The third-order valence-electron chi connectivity index (χ3n) is 14.4. The Kier molecular flexibility index (Phi) is 27.3. The van der Waals surface area contributed by atoms with E-state index in [1.54, 1.807) is 87.6 Å². The third-order valence-corrected chi connectivity index (χ3v) is 19.6. The van der Waals surface area contributed by atoms with Gasteiger partial charge >= 0.3 is 5.97 Å². The van der Waals surface area contributed by atoms with Crippen LogP contribution in [0.4, 0.5) is 0 Å². The number of carboxylic acid groups (broad SMARTS) is 1. The van der Waals surface area contributed by atoms with Crippen molar-refractivity contribution in [1.82, 2.24) is 40.5 Å². The summed E-state index contributed by atoms with van der Waals surface area (Å²) in [5.41, 5.74) is 12.7. The van der Waals surface area contributed by atoms with Crippen molar-refractivity contribution in [3.05, 3.63) is 160 Å². The zero-order valence-corrected chi connectivity index (χ0v) is 58.6. The quantitative estimate of drug-likeness (QED) is 0.0203. The standard InChI is InChI=1S/C70H80N8O13P4/c1-10-91-95(9,87)68-42-57(16-13-54-19-25-62(26-20-54)89-47-50(3)80)39-60(73-68)45-78-35-32-76(31-33-77(34-36-78)44-59-38-56(41-67(72-59)94(7,8)92)15-12-53-17-23-61(24-18-53)88-46-49(2)79)43-58-37-55(40-66(71-58)93(5,6)86)14-11-52-21-27-63(28-22-52)90-48-65(82)75-74-64(29-30-69(83)84)70(85)51(4)81/h17-28,37-42,64,74,92H,10,29-36,43-48H2,1-9H3,(H,75,82)(H,83,84)/t64-,95?/m0/s1. The molecule has 1 aliphatic heterocycles. The highest BCUT2D eigenvalue weighted by molar-refractivity contribution is 8.02. The van der Waals surface area contributed by atoms with Crippen LogP contribution >= 0.6 is 29.6 Å². The van der Waals surface area contributed by atoms with E-state index in [1.165, 1.54) is 13.8 Å². The summed E-state index contributed by atoms with van der Waals surface area (Å²) < 4.78 is 50.6. The van der Waals surface area contributed by atoms with E-state index in [0.717, 1.165) is 29.2 Å². The fourth-order valence-corrected chi connectivity index (χ4v) is 12.8. The predicted octanol–water partition coefficient (Wildman–Crippen LogP) is 7.00. The largest absolute Gasteiger partial charge is 0.486 e. The van der Waals surface area contributed by atoms with Gasteiger partial charge in [0.25, 0.3) is 5.91 Å². The van der Waals surface area contributed by atoms with Crippen LogP contribution in [-0.2, 0) is 62.1 Å². The predicted molar refractivity (Wildman–Crippen MR) is 372 cm³/mol. The first-order chi connectivity index (χ1) is 45.0. The Labute approximate surface area is 558 Å². The number of aliphatic carboxylic acids is 1. The number of benzene rings is 3. The molecule has 1 unspecified atom stereocenters. The number of ketones is 4. The first-order valence-corrected chi connectivity index (χ1v) is 39.4. The molecule has 498 valence electrons. The van der Waals surface area contributed by atoms with Gasteiger partial charge in [0.2, 0.25) is 13.2 Å². The molecule has 3 aromatic heterocycles. The summed E-state index contributed by atoms with van der Waals surface area (Å²) in [6.45, 7) is 17.9. The lowest BCUT2D eigenvalue weighted by Gasteiger charge is -2.26. The maximum atomic E-state index is 14.1. The average Bonchev–Trinajstić information content (AvgIpc) is 0.928. The van der Waals surface area contributed by atoms with Crippen LogP contribution in [0.1, 0.15) is 91.0 Å². The van der Waals surface area contributed by atoms with Crippen LogP contribution in [0.2, 0.25) is 0 Å². The van der Waals surface area contributed by atoms with Crippen molar-refractivity contribution in [3.8, 4) is 52.8 Å². The van der Waals surface area contributed by atoms with E-state index in [-0.39, 0.29) is 37.8 Å². The highest BCUT2D eigenvalue weighted by atomic mass is 31.8. The first-order valence-electron chi connectivity index (χ1n) is 30.7. The van der Waals surface area contributed by atoms with Gasteiger partial charge in [-0.05, 0) is 170 Å². The minimum absolute atomic E-state index is 0.00940. The number of rotatable bonds is 27. The Balaban J connectivity index is 1.16. The molecule has 1 amide bonds. The molecule has 3 aromatic carbocycles. The molecular weight excluding hydrogens is 1280 g/mol. The fourth-order valence-electron chi connectivity index (χ4n) is 9.44. The smallest absolute Gasteiger partial charge is 0.303 e. The van der Waals surface area contributed by atoms with Crippen molar-refractivity contribution in [3.63, 3.8) is 0 Å². The Hall–Kier alpha value is -8.20. The van der Waals surface area contributed by atoms with Crippen LogP contribution < -0.4 is 41.4 Å². The first kappa shape index (κ1) is 74.2. The summed E-state index contributed by atoms with van der Waals surface area (Å²) in [5.74, 6) is 17.4. The number of aromatic nitrogens is 3. The third kappa shape index (κ3) is 25.1. The number of pyridine rings is 3. The van der Waals surface area contributed by atoms with E-state index in [9.17, 15) is 37.9 Å². The summed E-state index contributed by atoms with van der Waals surface area (Å²) in [7, 11) is -2.26. The van der Waals surface area contributed by atoms with Gasteiger partial charge in [0.05, 0.1) is 35.2 Å². The second-order valence-corrected chi connectivity index (χ2v) is 36.0. The second-order valence-electron chi connectivity index (χ2n) is 23.7. The molecule has 25 heteroatoms. The summed E-state index contributed by atoms with van der Waals surface area (Å²) in [5, 5.41) is 9.06. The number of amides is 1. The van der Waals surface area contributed by atoms with Gasteiger partial charge < -0.3 is 28.4 Å². The topological polar surface area (TPSA) is 266 Å². The number of carboxylic acids is 1. The molecule has 0 aliphatic carbocycles. The molecule has 4 heterocycles. The molecular formula is C70H80N8O13P4. The van der Waals surface area contributed by atoms with E-state index >= 15 is 0 Å². The number of nitrogens with zero attached hydrogens (tertiary/aromatic N) is 6. The molecule has 2 atom stereocenters. The van der Waals surface area contributed by atoms with Crippen LogP contribution in [0.15, 0.2) is 109 Å². The second kappa shape index (κ2) is 35.0. The van der Waals surface area contributed by atoms with Gasteiger partial charge in [-0.15, -0.1) is 8.53 Å². The minimum atomic E-state index is -3.38. The highest BCUT2D eigenvalue weighted by Gasteiger charge is 2.26. The van der Waals surface area contributed by atoms with Gasteiger partial charge in [0, 0.05) is 112 Å². The van der Waals surface area contributed by atoms with Crippen molar-refractivity contribution in [2.24, 2.45) is 0 Å². The summed E-state index contributed by atoms with van der Waals surface area (Å²) >= 11 is 0. The number of Topliss-reactive ketones (excluding diaryl/α,β-unsaturated/α-hetero) is 4. The molecule has 0 spiro atoms. The highest BCUT2D eigenvalue weighted by Crippen LogP contribution is 2.42. The lowest BCUT2D eigenvalue weighted by molar-refractivity contribution is -0.139. The molecule has 6 aromatic rings. The zero-order chi connectivity index (χ0) is 68.9. The Morgan fingerprint density at radius 3 is 1.25 bits per heavy atom. The van der Waals surface area contributed by atoms with Crippen LogP contribution in [-0.4, -0.2) is 175 Å². The van der Waals surface area contributed by atoms with E-state index in [2.05, 4.69) is 82.9 Å². The number of ether oxygens (including phenoxy) is 3. The molecule has 7 rings (SSSR count). The Bertz CT molecular complexity index is 4140. The number of nitrogens with one attached hydrogen (secondary N) is 2. The Morgan fingerprint density at radius 1 is 0.537 bits per heavy atom. The van der Waals surface area contributed by atoms with Gasteiger partial charge in [-0.1, -0.05) is 35.5 Å². The Morgan fingerprint density at radius 2 is 0.895 bits per heavy atom. The number of carbonyl (C=O) groups excluding carboxylic acids is 5. The van der Waals surface area contributed by atoms with Crippen LogP contribution in [0, 0.1) is 35.5 Å². The van der Waals surface area contributed by atoms with Crippen molar-refractivity contribution in [1.29, 1.82) is 0 Å². The number of hydrogen-bond acceptors (Lipinski definition) is 19. The van der Waals surface area contributed by atoms with Crippen molar-refractivity contribution in [2.75, 3.05) is 99.0 Å². The number of carbonyl (C=O) groups is 6. The molecule has 3 N–H and O–H groups in total. The zero-order valence-electron chi connectivity index (χ0n) is 54.9. The van der Waals surface area contributed by atoms with Crippen LogP contribution in [0.5, 0.6) is 17.2 Å². The van der Waals surface area contributed by atoms with E-state index in [0.29, 0.717) is 121 Å². The lowest BCUT2D eigenvalue weighted by atomic mass is 10.1. The van der Waals surface area contributed by atoms with Crippen LogP contribution in [0.25, 0.3) is 0 Å². The molecule has 1 saturated heterocycles. The maximum absolute atomic E-state index is 14.1. The van der Waals surface area contributed by atoms with Crippen molar-refractivity contribution >= 4 is 80.9 Å². The SMILES string of the molecule is CCOP(C)(=O)c1cc(C#Cc2ccc(OCC(C)=O)cc2)cc(CN2CCN(Cc3cc(C#Cc4ccc(OCC(=O)NN[C@@H](CCC(=O)O)C(=O)C(C)=O)cc4)cc(P(C)(C)=O)n3)CCN(Cc3cc(C#Cc4ccc(OCC(C)=O)cc4)cc(P(C)(C)=P)n3)CC2)n1. The van der Waals surface area contributed by atoms with Gasteiger partial charge in [-0.2, -0.15) is 0 Å². The summed E-state index contributed by atoms with van der Waals surface area (Å²) in [6.07, 6.45) is -0.604. The fraction of sp³-hybridized carbons (Fsp3) is 0.357. The molecule has 0 saturated carbocycles. The maximum Gasteiger partial charge on any atom is 0.303 e. The van der Waals surface area contributed by atoms with Crippen LogP contribution in [0.3, 0.4) is 0 Å². The normalized spacial score (nSPS) is 14.0. The monoisotopic (exact) mass is 1360 g/mol. The van der Waals surface area contributed by atoms with Crippen molar-refractivity contribution in [2.45, 2.75) is 66.2 Å². The molecule has 1 aliphatic rings. The molecule has 21 nitrogen and oxygen atoms in total. The van der Waals surface area contributed by atoms with Gasteiger partial charge in [0.15, 0.2) is 24.0 Å². The molecule has 95 heavy (non-hydrogen) atoms. The summed E-state index contributed by atoms with van der Waals surface area (Å²) in [4.78, 5) is 92.9. The van der Waals surface area contributed by atoms with Gasteiger partial charge in [-0.25, -0.2) is 15.4 Å². The minimum Gasteiger partial charge on any atom is -0.486 e. The average molecular weight is 1370 g/mol. The number of hydrazine groups is 1. The number of hydrogen-bond donors (Lipinski definition) is 3. The van der Waals surface area contributed by atoms with Gasteiger partial charge in [-0.3, -0.25) is 58.4 Å². The molecule has 1 fully saturated rings. The molecule has 0 bridgehead atoms. The summed E-state index contributed by atoms with van der Waals surface area (Å²) in [6, 6.07) is 31.3. The van der Waals surface area contributed by atoms with E-state index in [4.69, 9.17) is 38.8 Å².